The van der Waals surface area contributed by atoms with Crippen LogP contribution in [-0.2, 0) is 12.8 Å². The lowest BCUT2D eigenvalue weighted by atomic mass is 10.1. The van der Waals surface area contributed by atoms with Crippen LogP contribution in [0.5, 0.6) is 0 Å². The summed E-state index contributed by atoms with van der Waals surface area (Å²) in [5.41, 5.74) is 5.12. The Morgan fingerprint density at radius 2 is 1.88 bits per heavy atom. The van der Waals surface area contributed by atoms with Crippen molar-refractivity contribution in [2.24, 2.45) is 7.05 Å². The van der Waals surface area contributed by atoms with E-state index in [4.69, 9.17) is 0 Å². The van der Waals surface area contributed by atoms with E-state index in [2.05, 4.69) is 64.8 Å². The standard InChI is InChI=1S/C21H25N3S/c1-16-14-22-18(13-20(16)24-10-6-3-7-11-24)15-25-21-12-17-8-4-5-9-19(17)23(21)2/h4-5,8-9,12-14H,3,6-7,10-11,15H2,1-2H3. The Hall–Kier alpha value is -1.94. The molecule has 1 aliphatic rings. The molecule has 0 unspecified atom stereocenters. The summed E-state index contributed by atoms with van der Waals surface area (Å²) >= 11 is 1.87. The van der Waals surface area contributed by atoms with Gasteiger partial charge in [0.1, 0.15) is 0 Å². The van der Waals surface area contributed by atoms with Gasteiger partial charge in [-0.25, -0.2) is 0 Å². The van der Waals surface area contributed by atoms with Crippen LogP contribution < -0.4 is 4.90 Å². The van der Waals surface area contributed by atoms with Gasteiger partial charge in [-0.2, -0.15) is 0 Å². The molecule has 3 nitrogen and oxygen atoms in total. The van der Waals surface area contributed by atoms with Crippen molar-refractivity contribution in [1.29, 1.82) is 0 Å². The molecule has 0 aliphatic carbocycles. The van der Waals surface area contributed by atoms with E-state index in [9.17, 15) is 0 Å². The van der Waals surface area contributed by atoms with Crippen LogP contribution in [0.15, 0.2) is 47.6 Å². The minimum Gasteiger partial charge on any atom is -0.371 e. The van der Waals surface area contributed by atoms with Gasteiger partial charge in [-0.1, -0.05) is 18.2 Å². The van der Waals surface area contributed by atoms with E-state index in [-0.39, 0.29) is 0 Å². The molecule has 2 aromatic heterocycles. The van der Waals surface area contributed by atoms with E-state index in [0.717, 1.165) is 5.75 Å². The van der Waals surface area contributed by atoms with E-state index in [1.807, 2.05) is 18.0 Å². The fourth-order valence-corrected chi connectivity index (χ4v) is 4.62. The number of aromatic nitrogens is 2. The Morgan fingerprint density at radius 1 is 1.08 bits per heavy atom. The van der Waals surface area contributed by atoms with Crippen molar-refractivity contribution in [3.8, 4) is 0 Å². The summed E-state index contributed by atoms with van der Waals surface area (Å²) in [7, 11) is 2.15. The van der Waals surface area contributed by atoms with E-state index in [1.54, 1.807) is 0 Å². The molecule has 130 valence electrons. The van der Waals surface area contributed by atoms with Gasteiger partial charge < -0.3 is 9.47 Å². The summed E-state index contributed by atoms with van der Waals surface area (Å²) in [6, 6.07) is 13.1. The van der Waals surface area contributed by atoms with Gasteiger partial charge in [0.2, 0.25) is 0 Å². The monoisotopic (exact) mass is 351 g/mol. The van der Waals surface area contributed by atoms with Gasteiger partial charge in [0.05, 0.1) is 10.7 Å². The normalized spacial score (nSPS) is 15.0. The minimum atomic E-state index is 0.908. The molecular weight excluding hydrogens is 326 g/mol. The van der Waals surface area contributed by atoms with E-state index < -0.39 is 0 Å². The second-order valence-electron chi connectivity index (χ2n) is 6.90. The summed E-state index contributed by atoms with van der Waals surface area (Å²) in [6.45, 7) is 4.54. The van der Waals surface area contributed by atoms with Crippen LogP contribution in [0, 0.1) is 6.92 Å². The molecule has 3 heterocycles. The summed E-state index contributed by atoms with van der Waals surface area (Å²) in [4.78, 5) is 7.21. The molecular formula is C21H25N3S. The highest BCUT2D eigenvalue weighted by Gasteiger charge is 2.14. The lowest BCUT2D eigenvalue weighted by Crippen LogP contribution is -2.30. The number of para-hydroxylation sites is 1. The maximum atomic E-state index is 4.68. The highest BCUT2D eigenvalue weighted by atomic mass is 32.2. The van der Waals surface area contributed by atoms with E-state index >= 15 is 0 Å². The summed E-state index contributed by atoms with van der Waals surface area (Å²) in [6.07, 6.45) is 6.02. The quantitative estimate of drug-likeness (QED) is 0.606. The Morgan fingerprint density at radius 3 is 2.68 bits per heavy atom. The molecule has 1 fully saturated rings. The fraction of sp³-hybridized carbons (Fsp3) is 0.381. The van der Waals surface area contributed by atoms with Crippen molar-refractivity contribution < 1.29 is 0 Å². The van der Waals surface area contributed by atoms with Gasteiger partial charge in [0, 0.05) is 48.7 Å². The molecule has 4 rings (SSSR count). The molecule has 0 saturated carbocycles. The van der Waals surface area contributed by atoms with Crippen LogP contribution >= 0.6 is 11.8 Å². The van der Waals surface area contributed by atoms with Gasteiger partial charge in [-0.05, 0) is 49.9 Å². The number of anilines is 1. The molecule has 3 aromatic rings. The smallest absolute Gasteiger partial charge is 0.0760 e. The van der Waals surface area contributed by atoms with E-state index in [1.165, 1.54) is 65.2 Å². The first-order valence-electron chi connectivity index (χ1n) is 9.10. The van der Waals surface area contributed by atoms with Crippen molar-refractivity contribution in [1.82, 2.24) is 9.55 Å². The molecule has 0 atom stereocenters. The largest absolute Gasteiger partial charge is 0.371 e. The Kier molecular flexibility index (Phi) is 4.71. The van der Waals surface area contributed by atoms with Gasteiger partial charge in [0.15, 0.2) is 0 Å². The fourth-order valence-electron chi connectivity index (χ4n) is 3.66. The first-order chi connectivity index (χ1) is 12.2. The number of fused-ring (bicyclic) bond motifs is 1. The van der Waals surface area contributed by atoms with Gasteiger partial charge >= 0.3 is 0 Å². The maximum absolute atomic E-state index is 4.68. The predicted molar refractivity (Wildman–Crippen MR) is 108 cm³/mol. The highest BCUT2D eigenvalue weighted by molar-refractivity contribution is 7.98. The maximum Gasteiger partial charge on any atom is 0.0760 e. The third-order valence-corrected chi connectivity index (χ3v) is 6.23. The number of benzene rings is 1. The lowest BCUT2D eigenvalue weighted by Gasteiger charge is -2.30. The van der Waals surface area contributed by atoms with Crippen LogP contribution in [0.25, 0.3) is 10.9 Å². The van der Waals surface area contributed by atoms with Crippen molar-refractivity contribution in [2.75, 3.05) is 18.0 Å². The van der Waals surface area contributed by atoms with Crippen LogP contribution in [-0.4, -0.2) is 22.6 Å². The topological polar surface area (TPSA) is 21.1 Å². The zero-order chi connectivity index (χ0) is 17.2. The second-order valence-corrected chi connectivity index (χ2v) is 7.89. The number of hydrogen-bond donors (Lipinski definition) is 0. The van der Waals surface area contributed by atoms with Crippen LogP contribution in [0.3, 0.4) is 0 Å². The Bertz CT molecular complexity index is 878. The number of thioether (sulfide) groups is 1. The first kappa shape index (κ1) is 16.5. The Labute approximate surface area is 154 Å². The molecule has 25 heavy (non-hydrogen) atoms. The zero-order valence-corrected chi connectivity index (χ0v) is 15.9. The second kappa shape index (κ2) is 7.12. The third-order valence-electron chi connectivity index (χ3n) is 5.10. The van der Waals surface area contributed by atoms with E-state index in [0.29, 0.717) is 0 Å². The van der Waals surface area contributed by atoms with Gasteiger partial charge in [-0.3, -0.25) is 4.98 Å². The number of aryl methyl sites for hydroxylation is 2. The van der Waals surface area contributed by atoms with Crippen molar-refractivity contribution in [3.05, 3.63) is 53.9 Å². The SMILES string of the molecule is Cc1cnc(CSc2cc3ccccc3n2C)cc1N1CCCCC1. The molecule has 0 radical (unpaired) electrons. The first-order valence-corrected chi connectivity index (χ1v) is 10.1. The highest BCUT2D eigenvalue weighted by Crippen LogP contribution is 2.30. The molecule has 0 N–H and O–H groups in total. The summed E-state index contributed by atoms with van der Waals surface area (Å²) in [5, 5.41) is 2.60. The number of nitrogens with zero attached hydrogens (tertiary/aromatic N) is 3. The van der Waals surface area contributed by atoms with Crippen molar-refractivity contribution >= 4 is 28.4 Å². The average molecular weight is 352 g/mol. The van der Waals surface area contributed by atoms with Crippen LogP contribution in [0.4, 0.5) is 5.69 Å². The van der Waals surface area contributed by atoms with Crippen LogP contribution in [0.1, 0.15) is 30.5 Å². The molecule has 1 aromatic carbocycles. The average Bonchev–Trinajstić information content (AvgIpc) is 2.98. The number of rotatable bonds is 4. The predicted octanol–water partition coefficient (Wildman–Crippen LogP) is 5.16. The molecule has 4 heteroatoms. The van der Waals surface area contributed by atoms with Gasteiger partial charge in [0.25, 0.3) is 0 Å². The molecule has 0 bridgehead atoms. The number of piperidine rings is 1. The summed E-state index contributed by atoms with van der Waals surface area (Å²) < 4.78 is 2.28. The number of pyridine rings is 1. The minimum absolute atomic E-state index is 0.908. The van der Waals surface area contributed by atoms with Gasteiger partial charge in [-0.15, -0.1) is 11.8 Å². The van der Waals surface area contributed by atoms with Crippen molar-refractivity contribution in [3.63, 3.8) is 0 Å². The molecule has 0 amide bonds. The summed E-state index contributed by atoms with van der Waals surface area (Å²) in [5.74, 6) is 0.908. The zero-order valence-electron chi connectivity index (χ0n) is 15.0. The third kappa shape index (κ3) is 3.40. The lowest BCUT2D eigenvalue weighted by molar-refractivity contribution is 0.576. The Balaban J connectivity index is 1.53. The molecule has 1 saturated heterocycles. The van der Waals surface area contributed by atoms with Crippen LogP contribution in [0.2, 0.25) is 0 Å². The van der Waals surface area contributed by atoms with Crippen molar-refractivity contribution in [2.45, 2.75) is 37.0 Å². The number of hydrogen-bond acceptors (Lipinski definition) is 3. The molecule has 0 spiro atoms. The molecule has 1 aliphatic heterocycles.